The van der Waals surface area contributed by atoms with E-state index in [2.05, 4.69) is 79.1 Å². The van der Waals surface area contributed by atoms with Gasteiger partial charge in [-0.1, -0.05) is 164 Å². The largest absolute Gasteiger partial charge is 0.756 e. The second-order valence-electron chi connectivity index (χ2n) is 12.5. The third-order valence-electron chi connectivity index (χ3n) is 7.75. The zero-order chi connectivity index (χ0) is 36.8. The standard InChI is InChI=1S/C41H69O8P/c1-3-5-7-9-11-13-15-17-18-19-20-21-22-24-26-28-30-32-34-36-41(43)49-39(38-48-50(44,45)46)37-47-40(42)35-33-31-29-27-25-23-16-14-12-10-8-6-4-2/h5,7,11,13,17-18,20-21,24,26,30,32,39H,3-4,6,8-10,12,14-16,19,22-23,25,27-29,31,33-38H2,1-2H3,(H2,44,45,46)/p-1/b7-5-,13-11-,18-17-,21-20-,26-24-,32-30-/t39-/m1/s1. The quantitative estimate of drug-likeness (QED) is 0.0302. The van der Waals surface area contributed by atoms with Crippen molar-refractivity contribution in [3.05, 3.63) is 72.9 Å². The fraction of sp³-hybridized carbons (Fsp3) is 0.659. The molecule has 0 aromatic heterocycles. The van der Waals surface area contributed by atoms with Crippen LogP contribution in [0.15, 0.2) is 72.9 Å². The number of phosphoric acid groups is 1. The van der Waals surface area contributed by atoms with Gasteiger partial charge in [0.1, 0.15) is 6.61 Å². The van der Waals surface area contributed by atoms with Crippen LogP contribution in [0.5, 0.6) is 0 Å². The van der Waals surface area contributed by atoms with E-state index < -0.39 is 32.5 Å². The number of hydrogen-bond acceptors (Lipinski definition) is 7. The van der Waals surface area contributed by atoms with E-state index in [1.54, 1.807) is 0 Å². The predicted molar refractivity (Wildman–Crippen MR) is 204 cm³/mol. The lowest BCUT2D eigenvalue weighted by Crippen LogP contribution is -2.30. The summed E-state index contributed by atoms with van der Waals surface area (Å²) in [5.74, 6) is -1.02. The number of unbranched alkanes of at least 4 members (excludes halogenated alkanes) is 12. The van der Waals surface area contributed by atoms with Crippen LogP contribution in [0.1, 0.15) is 155 Å². The summed E-state index contributed by atoms with van der Waals surface area (Å²) in [5, 5.41) is 0. The summed E-state index contributed by atoms with van der Waals surface area (Å²) in [6.45, 7) is 3.40. The molecule has 0 bridgehead atoms. The van der Waals surface area contributed by atoms with E-state index >= 15 is 0 Å². The molecule has 2 atom stereocenters. The molecule has 0 radical (unpaired) electrons. The highest BCUT2D eigenvalue weighted by Crippen LogP contribution is 2.30. The first kappa shape index (κ1) is 47.5. The Morgan fingerprint density at radius 1 is 0.580 bits per heavy atom. The molecule has 0 aliphatic rings. The van der Waals surface area contributed by atoms with Crippen molar-refractivity contribution in [1.29, 1.82) is 0 Å². The average molecular weight is 720 g/mol. The van der Waals surface area contributed by atoms with Crippen molar-refractivity contribution in [2.45, 2.75) is 161 Å². The maximum atomic E-state index is 12.3. The fourth-order valence-electron chi connectivity index (χ4n) is 4.92. The highest BCUT2D eigenvalue weighted by Gasteiger charge is 2.19. The molecule has 0 amide bonds. The second kappa shape index (κ2) is 36.3. The lowest BCUT2D eigenvalue weighted by Gasteiger charge is -2.21. The number of phosphoric ester groups is 1. The molecule has 1 N–H and O–H groups in total. The van der Waals surface area contributed by atoms with Crippen LogP contribution in [0.25, 0.3) is 0 Å². The predicted octanol–water partition coefficient (Wildman–Crippen LogP) is 10.9. The number of ether oxygens (including phenoxy) is 2. The normalized spacial score (nSPS) is 14.2. The monoisotopic (exact) mass is 719 g/mol. The molecule has 0 aromatic carbocycles. The zero-order valence-corrected chi connectivity index (χ0v) is 32.1. The average Bonchev–Trinajstić information content (AvgIpc) is 3.08. The van der Waals surface area contributed by atoms with Crippen LogP contribution in [0.4, 0.5) is 0 Å². The number of hydrogen-bond donors (Lipinski definition) is 1. The first-order valence-electron chi connectivity index (χ1n) is 19.2. The number of carbonyl (C=O) groups excluding carboxylic acids is 2. The maximum absolute atomic E-state index is 12.3. The van der Waals surface area contributed by atoms with Gasteiger partial charge >= 0.3 is 11.9 Å². The number of allylic oxidation sites excluding steroid dienone is 12. The number of carbonyl (C=O) groups is 2. The van der Waals surface area contributed by atoms with Gasteiger partial charge in [-0.3, -0.25) is 14.2 Å². The van der Waals surface area contributed by atoms with Crippen LogP contribution >= 0.6 is 7.82 Å². The van der Waals surface area contributed by atoms with Crippen LogP contribution < -0.4 is 4.89 Å². The third kappa shape index (κ3) is 38.3. The van der Waals surface area contributed by atoms with Crippen molar-refractivity contribution in [1.82, 2.24) is 0 Å². The summed E-state index contributed by atoms with van der Waals surface area (Å²) < 4.78 is 26.0. The molecule has 9 heteroatoms. The van der Waals surface area contributed by atoms with Crippen LogP contribution in [-0.4, -0.2) is 36.1 Å². The van der Waals surface area contributed by atoms with Crippen LogP contribution in [0.2, 0.25) is 0 Å². The van der Waals surface area contributed by atoms with Crippen LogP contribution in [-0.2, 0) is 28.2 Å². The van der Waals surface area contributed by atoms with E-state index in [9.17, 15) is 19.0 Å². The molecule has 0 rings (SSSR count). The first-order chi connectivity index (χ1) is 24.3. The minimum absolute atomic E-state index is 0.0692. The van der Waals surface area contributed by atoms with Crippen molar-refractivity contribution in [2.75, 3.05) is 13.2 Å². The molecule has 50 heavy (non-hydrogen) atoms. The summed E-state index contributed by atoms with van der Waals surface area (Å²) >= 11 is 0. The van der Waals surface area contributed by atoms with E-state index in [4.69, 9.17) is 14.4 Å². The smallest absolute Gasteiger partial charge is 0.306 e. The molecule has 1 unspecified atom stereocenters. The van der Waals surface area contributed by atoms with E-state index in [1.807, 2.05) is 12.2 Å². The summed E-state index contributed by atoms with van der Waals surface area (Å²) in [5.41, 5.74) is 0. The molecule has 0 saturated heterocycles. The summed E-state index contributed by atoms with van der Waals surface area (Å²) in [4.78, 5) is 44.5. The van der Waals surface area contributed by atoms with Crippen molar-refractivity contribution in [3.8, 4) is 0 Å². The Kier molecular flexibility index (Phi) is 34.5. The molecule has 0 heterocycles. The van der Waals surface area contributed by atoms with Gasteiger partial charge in [0, 0.05) is 12.8 Å². The van der Waals surface area contributed by atoms with Crippen LogP contribution in [0, 0.1) is 0 Å². The van der Waals surface area contributed by atoms with Gasteiger partial charge in [-0.05, 0) is 51.4 Å². The Morgan fingerprint density at radius 2 is 1.00 bits per heavy atom. The lowest BCUT2D eigenvalue weighted by atomic mass is 10.0. The van der Waals surface area contributed by atoms with Gasteiger partial charge in [0.05, 0.1) is 6.61 Å². The SMILES string of the molecule is CC/C=C\C/C=C\C/C=C\C/C=C\C/C=C\C/C=C\CCC(=O)O[C@H](COC(=O)CCCCCCCCCCCCCCC)COP(=O)([O-])O. The highest BCUT2D eigenvalue weighted by molar-refractivity contribution is 7.44. The Labute approximate surface area is 304 Å². The Balaban J connectivity index is 4.11. The van der Waals surface area contributed by atoms with E-state index in [0.717, 1.165) is 57.8 Å². The van der Waals surface area contributed by atoms with Gasteiger partial charge in [-0.25, -0.2) is 0 Å². The second-order valence-corrected chi connectivity index (χ2v) is 13.7. The van der Waals surface area contributed by atoms with Gasteiger partial charge in [0.15, 0.2) is 6.10 Å². The lowest BCUT2D eigenvalue weighted by molar-refractivity contribution is -0.223. The molecule has 0 saturated carbocycles. The van der Waals surface area contributed by atoms with Crippen LogP contribution in [0.3, 0.4) is 0 Å². The molecule has 8 nitrogen and oxygen atoms in total. The Hall–Kier alpha value is -2.51. The Bertz CT molecular complexity index is 1040. The minimum Gasteiger partial charge on any atom is -0.756 e. The van der Waals surface area contributed by atoms with E-state index in [-0.39, 0.29) is 19.4 Å². The van der Waals surface area contributed by atoms with Crippen molar-refractivity contribution >= 4 is 19.8 Å². The Morgan fingerprint density at radius 3 is 1.44 bits per heavy atom. The molecule has 286 valence electrons. The highest BCUT2D eigenvalue weighted by atomic mass is 31.2. The molecule has 0 aliphatic carbocycles. The molecule has 0 aliphatic heterocycles. The van der Waals surface area contributed by atoms with Gasteiger partial charge in [0.25, 0.3) is 7.82 Å². The molecule has 0 spiro atoms. The number of esters is 2. The fourth-order valence-corrected chi connectivity index (χ4v) is 5.28. The molecule has 0 aromatic rings. The van der Waals surface area contributed by atoms with E-state index in [1.165, 1.54) is 57.8 Å². The maximum Gasteiger partial charge on any atom is 0.306 e. The summed E-state index contributed by atoms with van der Waals surface area (Å²) in [6, 6.07) is 0. The summed E-state index contributed by atoms with van der Waals surface area (Å²) in [6.07, 6.45) is 46.1. The topological polar surface area (TPSA) is 122 Å². The first-order valence-corrected chi connectivity index (χ1v) is 20.7. The summed E-state index contributed by atoms with van der Waals surface area (Å²) in [7, 11) is -5.02. The third-order valence-corrected chi connectivity index (χ3v) is 8.22. The molecular weight excluding hydrogens is 651 g/mol. The van der Waals surface area contributed by atoms with Gasteiger partial charge in [0.2, 0.25) is 0 Å². The van der Waals surface area contributed by atoms with E-state index in [0.29, 0.717) is 12.8 Å². The van der Waals surface area contributed by atoms with Gasteiger partial charge in [-0.2, -0.15) is 0 Å². The van der Waals surface area contributed by atoms with Gasteiger partial charge < -0.3 is 23.8 Å². The number of rotatable bonds is 34. The van der Waals surface area contributed by atoms with Crippen molar-refractivity contribution < 1.29 is 37.9 Å². The van der Waals surface area contributed by atoms with Crippen molar-refractivity contribution in [3.63, 3.8) is 0 Å². The van der Waals surface area contributed by atoms with Crippen molar-refractivity contribution in [2.24, 2.45) is 0 Å². The molecule has 0 fully saturated rings. The minimum atomic E-state index is -5.02. The van der Waals surface area contributed by atoms with Gasteiger partial charge in [-0.15, -0.1) is 0 Å². The molecular formula is C41H68O8P-. The zero-order valence-electron chi connectivity index (χ0n) is 31.2.